The first-order valence-corrected chi connectivity index (χ1v) is 7.22. The Morgan fingerprint density at radius 3 is 2.83 bits per heavy atom. The van der Waals surface area contributed by atoms with E-state index in [0.717, 1.165) is 31.2 Å². The number of aromatic nitrogens is 2. The van der Waals surface area contributed by atoms with Crippen molar-refractivity contribution in [1.82, 2.24) is 15.5 Å². The number of hydrogen-bond donors (Lipinski definition) is 1. The van der Waals surface area contributed by atoms with E-state index in [4.69, 9.17) is 4.42 Å². The smallest absolute Gasteiger partial charge is 0.219 e. The fourth-order valence-electron chi connectivity index (χ4n) is 2.66. The van der Waals surface area contributed by atoms with Gasteiger partial charge in [0.15, 0.2) is 0 Å². The molecule has 1 heterocycles. The molecule has 0 aromatic carbocycles. The van der Waals surface area contributed by atoms with E-state index >= 15 is 0 Å². The average Bonchev–Trinajstić information content (AvgIpc) is 2.92. The van der Waals surface area contributed by atoms with Gasteiger partial charge in [-0.1, -0.05) is 27.2 Å². The molecular formula is C14H25N3O. The van der Waals surface area contributed by atoms with E-state index in [1.807, 2.05) is 0 Å². The molecule has 0 saturated heterocycles. The molecule has 1 fully saturated rings. The Hall–Kier alpha value is -0.900. The molecule has 18 heavy (non-hydrogen) atoms. The van der Waals surface area contributed by atoms with Crippen molar-refractivity contribution in [2.45, 2.75) is 64.8 Å². The summed E-state index contributed by atoms with van der Waals surface area (Å²) in [5, 5.41) is 11.8. The van der Waals surface area contributed by atoms with Gasteiger partial charge in [0, 0.05) is 18.4 Å². The van der Waals surface area contributed by atoms with Crippen LogP contribution in [0.5, 0.6) is 0 Å². The SMILES string of the molecule is CC(C)NCCCc1nnc(C2CCCC2C)o1. The van der Waals surface area contributed by atoms with Crippen molar-refractivity contribution in [3.8, 4) is 0 Å². The number of hydrogen-bond acceptors (Lipinski definition) is 4. The van der Waals surface area contributed by atoms with E-state index in [-0.39, 0.29) is 0 Å². The van der Waals surface area contributed by atoms with Crippen LogP contribution < -0.4 is 5.32 Å². The third-order valence-electron chi connectivity index (χ3n) is 3.78. The number of aryl methyl sites for hydroxylation is 1. The molecule has 1 saturated carbocycles. The van der Waals surface area contributed by atoms with Crippen molar-refractivity contribution in [2.75, 3.05) is 6.54 Å². The molecule has 102 valence electrons. The van der Waals surface area contributed by atoms with Gasteiger partial charge in [0.25, 0.3) is 0 Å². The van der Waals surface area contributed by atoms with Crippen molar-refractivity contribution in [3.05, 3.63) is 11.8 Å². The Balaban J connectivity index is 1.79. The van der Waals surface area contributed by atoms with Crippen LogP contribution in [0.1, 0.15) is 64.2 Å². The van der Waals surface area contributed by atoms with Crippen LogP contribution in [0.15, 0.2) is 4.42 Å². The summed E-state index contributed by atoms with van der Waals surface area (Å²) >= 11 is 0. The Bertz CT molecular complexity index is 362. The van der Waals surface area contributed by atoms with Crippen LogP contribution in [-0.4, -0.2) is 22.8 Å². The lowest BCUT2D eigenvalue weighted by Gasteiger charge is -2.09. The fourth-order valence-corrected chi connectivity index (χ4v) is 2.66. The summed E-state index contributed by atoms with van der Waals surface area (Å²) < 4.78 is 5.80. The van der Waals surface area contributed by atoms with Gasteiger partial charge in [-0.15, -0.1) is 10.2 Å². The zero-order chi connectivity index (χ0) is 13.0. The van der Waals surface area contributed by atoms with Gasteiger partial charge >= 0.3 is 0 Å². The van der Waals surface area contributed by atoms with Crippen LogP contribution in [0, 0.1) is 5.92 Å². The van der Waals surface area contributed by atoms with Gasteiger partial charge in [0.1, 0.15) is 0 Å². The molecule has 1 aromatic rings. The molecule has 0 spiro atoms. The Kier molecular flexibility index (Phi) is 4.75. The molecule has 2 rings (SSSR count). The summed E-state index contributed by atoms with van der Waals surface area (Å²) in [6.45, 7) is 7.61. The highest BCUT2D eigenvalue weighted by molar-refractivity contribution is 4.97. The van der Waals surface area contributed by atoms with E-state index in [9.17, 15) is 0 Å². The van der Waals surface area contributed by atoms with E-state index in [2.05, 4.69) is 36.3 Å². The van der Waals surface area contributed by atoms with Gasteiger partial charge in [0.2, 0.25) is 11.8 Å². The number of nitrogens with one attached hydrogen (secondary N) is 1. The molecular weight excluding hydrogens is 226 g/mol. The average molecular weight is 251 g/mol. The molecule has 1 N–H and O–H groups in total. The number of nitrogens with zero attached hydrogens (tertiary/aromatic N) is 2. The lowest BCUT2D eigenvalue weighted by Crippen LogP contribution is -2.23. The second kappa shape index (κ2) is 6.32. The molecule has 0 amide bonds. The fraction of sp³-hybridized carbons (Fsp3) is 0.857. The van der Waals surface area contributed by atoms with Crippen molar-refractivity contribution in [1.29, 1.82) is 0 Å². The Labute approximate surface area is 110 Å². The van der Waals surface area contributed by atoms with Crippen LogP contribution in [0.25, 0.3) is 0 Å². The first-order valence-electron chi connectivity index (χ1n) is 7.22. The predicted molar refractivity (Wildman–Crippen MR) is 71.5 cm³/mol. The van der Waals surface area contributed by atoms with E-state index in [0.29, 0.717) is 17.9 Å². The molecule has 0 bridgehead atoms. The summed E-state index contributed by atoms with van der Waals surface area (Å²) in [5.41, 5.74) is 0. The van der Waals surface area contributed by atoms with Gasteiger partial charge in [-0.25, -0.2) is 0 Å². The van der Waals surface area contributed by atoms with Crippen LogP contribution >= 0.6 is 0 Å². The van der Waals surface area contributed by atoms with Gasteiger partial charge in [-0.05, 0) is 31.7 Å². The largest absolute Gasteiger partial charge is 0.425 e. The van der Waals surface area contributed by atoms with Crippen LogP contribution in [0.2, 0.25) is 0 Å². The van der Waals surface area contributed by atoms with Crippen molar-refractivity contribution < 1.29 is 4.42 Å². The lowest BCUT2D eigenvalue weighted by molar-refractivity contribution is 0.377. The van der Waals surface area contributed by atoms with Gasteiger partial charge in [0.05, 0.1) is 0 Å². The second-order valence-corrected chi connectivity index (χ2v) is 5.76. The van der Waals surface area contributed by atoms with E-state index in [1.165, 1.54) is 19.3 Å². The highest BCUT2D eigenvalue weighted by Gasteiger charge is 2.29. The normalized spacial score (nSPS) is 24.0. The van der Waals surface area contributed by atoms with E-state index < -0.39 is 0 Å². The predicted octanol–water partition coefficient (Wildman–Crippen LogP) is 2.90. The lowest BCUT2D eigenvalue weighted by atomic mass is 9.98. The van der Waals surface area contributed by atoms with Crippen molar-refractivity contribution in [2.24, 2.45) is 5.92 Å². The van der Waals surface area contributed by atoms with E-state index in [1.54, 1.807) is 0 Å². The highest BCUT2D eigenvalue weighted by atomic mass is 16.4. The first-order chi connectivity index (χ1) is 8.66. The summed E-state index contributed by atoms with van der Waals surface area (Å²) in [5.74, 6) is 2.86. The minimum atomic E-state index is 0.500. The van der Waals surface area contributed by atoms with Crippen molar-refractivity contribution in [3.63, 3.8) is 0 Å². The van der Waals surface area contributed by atoms with Crippen LogP contribution in [0.3, 0.4) is 0 Å². The molecule has 4 nitrogen and oxygen atoms in total. The molecule has 4 heteroatoms. The molecule has 0 aliphatic heterocycles. The molecule has 1 aliphatic rings. The summed E-state index contributed by atoms with van der Waals surface area (Å²) in [6.07, 6.45) is 5.73. The standard InChI is InChI=1S/C14H25N3O/c1-10(2)15-9-5-8-13-16-17-14(18-13)12-7-4-6-11(12)3/h10-12,15H,4-9H2,1-3H3. The van der Waals surface area contributed by atoms with Gasteiger partial charge < -0.3 is 9.73 Å². The van der Waals surface area contributed by atoms with Gasteiger partial charge in [-0.3, -0.25) is 0 Å². The Morgan fingerprint density at radius 2 is 2.17 bits per heavy atom. The maximum absolute atomic E-state index is 5.80. The molecule has 1 aromatic heterocycles. The minimum Gasteiger partial charge on any atom is -0.425 e. The summed E-state index contributed by atoms with van der Waals surface area (Å²) in [6, 6.07) is 0.544. The molecule has 2 unspecified atom stereocenters. The van der Waals surface area contributed by atoms with Crippen molar-refractivity contribution >= 4 is 0 Å². The third kappa shape index (κ3) is 3.55. The summed E-state index contributed by atoms with van der Waals surface area (Å²) in [4.78, 5) is 0. The second-order valence-electron chi connectivity index (χ2n) is 5.76. The maximum Gasteiger partial charge on any atom is 0.219 e. The number of rotatable bonds is 6. The van der Waals surface area contributed by atoms with Crippen LogP contribution in [0.4, 0.5) is 0 Å². The highest BCUT2D eigenvalue weighted by Crippen LogP contribution is 2.38. The zero-order valence-electron chi connectivity index (χ0n) is 11.8. The summed E-state index contributed by atoms with van der Waals surface area (Å²) in [7, 11) is 0. The topological polar surface area (TPSA) is 51.0 Å². The molecule has 0 radical (unpaired) electrons. The third-order valence-corrected chi connectivity index (χ3v) is 3.78. The molecule has 1 aliphatic carbocycles. The minimum absolute atomic E-state index is 0.500. The monoisotopic (exact) mass is 251 g/mol. The molecule has 2 atom stereocenters. The van der Waals surface area contributed by atoms with Crippen LogP contribution in [-0.2, 0) is 6.42 Å². The van der Waals surface area contributed by atoms with Gasteiger partial charge in [-0.2, -0.15) is 0 Å². The Morgan fingerprint density at radius 1 is 1.33 bits per heavy atom. The zero-order valence-corrected chi connectivity index (χ0v) is 11.8. The maximum atomic E-state index is 5.80. The quantitative estimate of drug-likeness (QED) is 0.790. The first kappa shape index (κ1) is 13.5.